The molecule has 2 unspecified atom stereocenters. The minimum atomic E-state index is -0.233. The second-order valence-corrected chi connectivity index (χ2v) is 5.36. The van der Waals surface area contributed by atoms with Crippen LogP contribution >= 0.6 is 0 Å². The number of hydrogen-bond donors (Lipinski definition) is 1. The summed E-state index contributed by atoms with van der Waals surface area (Å²) in [7, 11) is 0. The molecule has 1 aromatic rings. The Hall–Kier alpha value is -1.13. The van der Waals surface area contributed by atoms with Crippen molar-refractivity contribution in [2.45, 2.75) is 25.8 Å². The number of halogens is 1. The van der Waals surface area contributed by atoms with Gasteiger partial charge in [-0.3, -0.25) is 4.90 Å². The predicted octanol–water partition coefficient (Wildman–Crippen LogP) is 2.26. The van der Waals surface area contributed by atoms with E-state index >= 15 is 0 Å². The zero-order valence-corrected chi connectivity index (χ0v) is 11.5. The first-order valence-corrected chi connectivity index (χ1v) is 7.01. The molecule has 0 bridgehead atoms. The highest BCUT2D eigenvalue weighted by Crippen LogP contribution is 2.18. The van der Waals surface area contributed by atoms with Crippen LogP contribution in [0, 0.1) is 11.7 Å². The third kappa shape index (κ3) is 4.48. The Labute approximate surface area is 114 Å². The van der Waals surface area contributed by atoms with E-state index in [9.17, 15) is 4.39 Å². The van der Waals surface area contributed by atoms with Gasteiger partial charge < -0.3 is 10.5 Å². The SMILES string of the molecule is CC(N)C1CCCN(CCOc2ccc(F)cc2)C1. The molecule has 1 saturated heterocycles. The van der Waals surface area contributed by atoms with Crippen LogP contribution in [-0.2, 0) is 0 Å². The van der Waals surface area contributed by atoms with Crippen LogP contribution in [0.4, 0.5) is 4.39 Å². The summed E-state index contributed by atoms with van der Waals surface area (Å²) in [6.45, 7) is 5.81. The van der Waals surface area contributed by atoms with Gasteiger partial charge in [0.2, 0.25) is 0 Å². The average Bonchev–Trinajstić information content (AvgIpc) is 2.41. The van der Waals surface area contributed by atoms with Crippen molar-refractivity contribution in [3.63, 3.8) is 0 Å². The minimum absolute atomic E-state index is 0.233. The molecule has 1 aliphatic heterocycles. The number of hydrogen-bond acceptors (Lipinski definition) is 3. The highest BCUT2D eigenvalue weighted by molar-refractivity contribution is 5.21. The molecule has 4 heteroatoms. The summed E-state index contributed by atoms with van der Waals surface area (Å²) in [5.41, 5.74) is 5.97. The summed E-state index contributed by atoms with van der Waals surface area (Å²) in [6, 6.07) is 6.43. The minimum Gasteiger partial charge on any atom is -0.492 e. The molecule has 0 aliphatic carbocycles. The van der Waals surface area contributed by atoms with Crippen LogP contribution in [-0.4, -0.2) is 37.2 Å². The van der Waals surface area contributed by atoms with Crippen molar-refractivity contribution in [3.8, 4) is 5.75 Å². The summed E-state index contributed by atoms with van der Waals surface area (Å²) in [5.74, 6) is 1.09. The van der Waals surface area contributed by atoms with Crippen LogP contribution < -0.4 is 10.5 Å². The summed E-state index contributed by atoms with van der Waals surface area (Å²) in [4.78, 5) is 2.40. The first-order valence-electron chi connectivity index (χ1n) is 7.01. The first kappa shape index (κ1) is 14.3. The summed E-state index contributed by atoms with van der Waals surface area (Å²) < 4.78 is 18.4. The highest BCUT2D eigenvalue weighted by atomic mass is 19.1. The Bertz CT molecular complexity index is 380. The van der Waals surface area contributed by atoms with Gasteiger partial charge in [-0.15, -0.1) is 0 Å². The molecule has 0 saturated carbocycles. The van der Waals surface area contributed by atoms with Gasteiger partial charge in [0.25, 0.3) is 0 Å². The van der Waals surface area contributed by atoms with Crippen LogP contribution in [0.25, 0.3) is 0 Å². The molecule has 1 fully saturated rings. The maximum atomic E-state index is 12.7. The molecule has 106 valence electrons. The fraction of sp³-hybridized carbons (Fsp3) is 0.600. The van der Waals surface area contributed by atoms with Gasteiger partial charge in [0.1, 0.15) is 18.2 Å². The summed E-state index contributed by atoms with van der Waals surface area (Å²) in [6.07, 6.45) is 2.44. The monoisotopic (exact) mass is 266 g/mol. The second-order valence-electron chi connectivity index (χ2n) is 5.36. The lowest BCUT2D eigenvalue weighted by atomic mass is 9.92. The molecule has 2 N–H and O–H groups in total. The molecule has 19 heavy (non-hydrogen) atoms. The summed E-state index contributed by atoms with van der Waals surface area (Å²) >= 11 is 0. The van der Waals surface area contributed by atoms with Gasteiger partial charge in [0.05, 0.1) is 0 Å². The van der Waals surface area contributed by atoms with E-state index in [1.165, 1.54) is 25.0 Å². The van der Waals surface area contributed by atoms with Gasteiger partial charge in [-0.2, -0.15) is 0 Å². The van der Waals surface area contributed by atoms with Gasteiger partial charge >= 0.3 is 0 Å². The quantitative estimate of drug-likeness (QED) is 0.888. The molecule has 1 aromatic carbocycles. The Morgan fingerprint density at radius 3 is 2.84 bits per heavy atom. The largest absolute Gasteiger partial charge is 0.492 e. The van der Waals surface area contributed by atoms with Crippen LogP contribution in [0.2, 0.25) is 0 Å². The number of nitrogens with two attached hydrogens (primary N) is 1. The van der Waals surface area contributed by atoms with Crippen molar-refractivity contribution in [1.29, 1.82) is 0 Å². The number of piperidine rings is 1. The van der Waals surface area contributed by atoms with Gasteiger partial charge in [0, 0.05) is 19.1 Å². The van der Waals surface area contributed by atoms with E-state index < -0.39 is 0 Å². The second kappa shape index (κ2) is 6.87. The van der Waals surface area contributed by atoms with Crippen LogP contribution in [0.3, 0.4) is 0 Å². The third-order valence-electron chi connectivity index (χ3n) is 3.78. The van der Waals surface area contributed by atoms with Gasteiger partial charge in [-0.25, -0.2) is 4.39 Å². The van der Waals surface area contributed by atoms with Crippen LogP contribution in [0.15, 0.2) is 24.3 Å². The fourth-order valence-corrected chi connectivity index (χ4v) is 2.55. The van der Waals surface area contributed by atoms with Crippen molar-refractivity contribution in [3.05, 3.63) is 30.1 Å². The van der Waals surface area contributed by atoms with E-state index in [2.05, 4.69) is 11.8 Å². The van der Waals surface area contributed by atoms with Gasteiger partial charge in [-0.1, -0.05) is 0 Å². The van der Waals surface area contributed by atoms with Gasteiger partial charge in [0.15, 0.2) is 0 Å². The molecule has 0 radical (unpaired) electrons. The highest BCUT2D eigenvalue weighted by Gasteiger charge is 2.22. The van der Waals surface area contributed by atoms with Crippen molar-refractivity contribution in [1.82, 2.24) is 4.90 Å². The lowest BCUT2D eigenvalue weighted by Gasteiger charge is -2.34. The Morgan fingerprint density at radius 2 is 2.16 bits per heavy atom. The third-order valence-corrected chi connectivity index (χ3v) is 3.78. The van der Waals surface area contributed by atoms with Crippen molar-refractivity contribution in [2.75, 3.05) is 26.2 Å². The van der Waals surface area contributed by atoms with E-state index in [0.717, 1.165) is 25.4 Å². The van der Waals surface area contributed by atoms with Crippen molar-refractivity contribution in [2.24, 2.45) is 11.7 Å². The molecule has 2 atom stereocenters. The standard InChI is InChI=1S/C15H23FN2O/c1-12(17)13-3-2-8-18(11-13)9-10-19-15-6-4-14(16)5-7-15/h4-7,12-13H,2-3,8-11,17H2,1H3. The molecule has 0 amide bonds. The molecule has 3 nitrogen and oxygen atoms in total. The van der Waals surface area contributed by atoms with E-state index in [1.807, 2.05) is 0 Å². The summed E-state index contributed by atoms with van der Waals surface area (Å²) in [5, 5.41) is 0. The molecule has 1 heterocycles. The number of nitrogens with zero attached hydrogens (tertiary/aromatic N) is 1. The average molecular weight is 266 g/mol. The topological polar surface area (TPSA) is 38.5 Å². The molecular weight excluding hydrogens is 243 g/mol. The number of ether oxygens (including phenoxy) is 1. The fourth-order valence-electron chi connectivity index (χ4n) is 2.55. The maximum Gasteiger partial charge on any atom is 0.123 e. The van der Waals surface area contributed by atoms with E-state index in [-0.39, 0.29) is 11.9 Å². The number of rotatable bonds is 5. The maximum absolute atomic E-state index is 12.7. The molecular formula is C15H23FN2O. The van der Waals surface area contributed by atoms with E-state index in [1.54, 1.807) is 12.1 Å². The van der Waals surface area contributed by atoms with E-state index in [4.69, 9.17) is 10.5 Å². The Kier molecular flexibility index (Phi) is 5.16. The number of benzene rings is 1. The van der Waals surface area contributed by atoms with Crippen LogP contribution in [0.5, 0.6) is 5.75 Å². The van der Waals surface area contributed by atoms with Crippen molar-refractivity contribution >= 4 is 0 Å². The molecule has 0 aromatic heterocycles. The first-order chi connectivity index (χ1) is 9.15. The molecule has 0 spiro atoms. The number of likely N-dealkylation sites (tertiary alicyclic amines) is 1. The molecule has 2 rings (SSSR count). The lowest BCUT2D eigenvalue weighted by molar-refractivity contribution is 0.137. The molecule has 1 aliphatic rings. The lowest BCUT2D eigenvalue weighted by Crippen LogP contribution is -2.43. The normalized spacial score (nSPS) is 22.2. The predicted molar refractivity (Wildman–Crippen MR) is 74.7 cm³/mol. The van der Waals surface area contributed by atoms with Gasteiger partial charge in [-0.05, 0) is 56.5 Å². The van der Waals surface area contributed by atoms with Crippen LogP contribution in [0.1, 0.15) is 19.8 Å². The van der Waals surface area contributed by atoms with Crippen molar-refractivity contribution < 1.29 is 9.13 Å². The zero-order chi connectivity index (χ0) is 13.7. The smallest absolute Gasteiger partial charge is 0.123 e. The Morgan fingerprint density at radius 1 is 1.42 bits per heavy atom. The van der Waals surface area contributed by atoms with E-state index in [0.29, 0.717) is 12.5 Å². The zero-order valence-electron chi connectivity index (χ0n) is 11.5. The Balaban J connectivity index is 1.72.